The molecular weight excluding hydrogens is 368 g/mol. The van der Waals surface area contributed by atoms with E-state index in [1.165, 1.54) is 0 Å². The average molecular weight is 396 g/mol. The minimum Gasteiger partial charge on any atom is -0.463 e. The molecule has 1 fully saturated rings. The highest BCUT2D eigenvalue weighted by molar-refractivity contribution is 6.06. The Bertz CT molecular complexity index is 957. The minimum absolute atomic E-state index is 0.103. The summed E-state index contributed by atoms with van der Waals surface area (Å²) in [5.74, 6) is 0.532. The highest BCUT2D eigenvalue weighted by atomic mass is 16.3. The molecule has 0 unspecified atom stereocenters. The monoisotopic (exact) mass is 396 g/mol. The number of pyridine rings is 1. The SMILES string of the molecule is CC(C)n1ncc2c(C(=O)NCCCN3CCNCC3)cc(-c3ccco3)nc21. The van der Waals surface area contributed by atoms with Gasteiger partial charge < -0.3 is 20.0 Å². The molecule has 0 atom stereocenters. The number of piperazine rings is 1. The normalized spacial score (nSPS) is 15.3. The van der Waals surface area contributed by atoms with E-state index in [1.54, 1.807) is 18.5 Å². The van der Waals surface area contributed by atoms with Crippen molar-refractivity contribution in [2.24, 2.45) is 0 Å². The molecule has 1 aliphatic heterocycles. The Labute approximate surface area is 170 Å². The molecule has 0 radical (unpaired) electrons. The summed E-state index contributed by atoms with van der Waals surface area (Å²) in [6, 6.07) is 5.59. The van der Waals surface area contributed by atoms with Gasteiger partial charge in [0.2, 0.25) is 0 Å². The first-order chi connectivity index (χ1) is 14.1. The maximum Gasteiger partial charge on any atom is 0.252 e. The Morgan fingerprint density at radius 1 is 1.34 bits per heavy atom. The van der Waals surface area contributed by atoms with Crippen molar-refractivity contribution in [3.63, 3.8) is 0 Å². The number of hydrogen-bond donors (Lipinski definition) is 2. The van der Waals surface area contributed by atoms with Crippen LogP contribution in [0.25, 0.3) is 22.5 Å². The fourth-order valence-corrected chi connectivity index (χ4v) is 3.67. The van der Waals surface area contributed by atoms with Crippen LogP contribution >= 0.6 is 0 Å². The van der Waals surface area contributed by atoms with Crippen molar-refractivity contribution >= 4 is 16.9 Å². The molecule has 3 aromatic rings. The molecule has 1 saturated heterocycles. The van der Waals surface area contributed by atoms with Crippen molar-refractivity contribution in [3.05, 3.63) is 36.2 Å². The van der Waals surface area contributed by atoms with Gasteiger partial charge in [-0.15, -0.1) is 0 Å². The van der Waals surface area contributed by atoms with Crippen LogP contribution in [-0.2, 0) is 0 Å². The van der Waals surface area contributed by atoms with Gasteiger partial charge in [-0.2, -0.15) is 5.10 Å². The molecule has 29 heavy (non-hydrogen) atoms. The molecule has 0 aliphatic carbocycles. The molecule has 4 rings (SSSR count). The van der Waals surface area contributed by atoms with Crippen LogP contribution in [0.3, 0.4) is 0 Å². The van der Waals surface area contributed by atoms with Crippen LogP contribution < -0.4 is 10.6 Å². The molecule has 0 aromatic carbocycles. The summed E-state index contributed by atoms with van der Waals surface area (Å²) in [5, 5.41) is 11.6. The molecule has 8 nitrogen and oxygen atoms in total. The van der Waals surface area contributed by atoms with Crippen LogP contribution in [0.2, 0.25) is 0 Å². The van der Waals surface area contributed by atoms with Gasteiger partial charge >= 0.3 is 0 Å². The van der Waals surface area contributed by atoms with Crippen LogP contribution in [0.4, 0.5) is 0 Å². The molecule has 0 saturated carbocycles. The van der Waals surface area contributed by atoms with Crippen molar-refractivity contribution in [2.45, 2.75) is 26.3 Å². The lowest BCUT2D eigenvalue weighted by Crippen LogP contribution is -2.44. The third-order valence-electron chi connectivity index (χ3n) is 5.22. The number of amides is 1. The van der Waals surface area contributed by atoms with E-state index in [0.29, 0.717) is 29.2 Å². The van der Waals surface area contributed by atoms with Crippen LogP contribution in [0.5, 0.6) is 0 Å². The summed E-state index contributed by atoms with van der Waals surface area (Å²) >= 11 is 0. The van der Waals surface area contributed by atoms with E-state index in [0.717, 1.165) is 44.5 Å². The highest BCUT2D eigenvalue weighted by Gasteiger charge is 2.19. The van der Waals surface area contributed by atoms with Gasteiger partial charge in [-0.1, -0.05) is 0 Å². The molecule has 1 aliphatic rings. The first kappa shape index (κ1) is 19.6. The molecule has 154 valence electrons. The van der Waals surface area contributed by atoms with Crippen LogP contribution in [-0.4, -0.2) is 64.8 Å². The van der Waals surface area contributed by atoms with Gasteiger partial charge in [-0.25, -0.2) is 9.67 Å². The van der Waals surface area contributed by atoms with E-state index in [4.69, 9.17) is 9.40 Å². The Morgan fingerprint density at radius 2 is 2.17 bits per heavy atom. The number of nitrogens with zero attached hydrogens (tertiary/aromatic N) is 4. The Morgan fingerprint density at radius 3 is 2.90 bits per heavy atom. The number of nitrogens with one attached hydrogen (secondary N) is 2. The number of carbonyl (C=O) groups is 1. The number of carbonyl (C=O) groups excluding carboxylic acids is 1. The van der Waals surface area contributed by atoms with Crippen molar-refractivity contribution < 1.29 is 9.21 Å². The van der Waals surface area contributed by atoms with Crippen LogP contribution in [0.1, 0.15) is 36.7 Å². The zero-order valence-corrected chi connectivity index (χ0v) is 17.0. The second-order valence-electron chi connectivity index (χ2n) is 7.65. The van der Waals surface area contributed by atoms with E-state index in [9.17, 15) is 4.79 Å². The number of furan rings is 1. The molecule has 8 heteroatoms. The van der Waals surface area contributed by atoms with E-state index >= 15 is 0 Å². The summed E-state index contributed by atoms with van der Waals surface area (Å²) < 4.78 is 7.35. The zero-order valence-electron chi connectivity index (χ0n) is 17.0. The maximum absolute atomic E-state index is 13.0. The van der Waals surface area contributed by atoms with Crippen LogP contribution in [0, 0.1) is 0 Å². The van der Waals surface area contributed by atoms with Gasteiger partial charge in [0.15, 0.2) is 11.4 Å². The summed E-state index contributed by atoms with van der Waals surface area (Å²) in [7, 11) is 0. The number of rotatable bonds is 7. The fraction of sp³-hybridized carbons (Fsp3) is 0.476. The van der Waals surface area contributed by atoms with Crippen molar-refractivity contribution in [1.82, 2.24) is 30.3 Å². The van der Waals surface area contributed by atoms with Crippen molar-refractivity contribution in [1.29, 1.82) is 0 Å². The molecular formula is C21H28N6O2. The van der Waals surface area contributed by atoms with E-state index in [-0.39, 0.29) is 11.9 Å². The lowest BCUT2D eigenvalue weighted by Gasteiger charge is -2.27. The second kappa shape index (κ2) is 8.75. The van der Waals surface area contributed by atoms with E-state index < -0.39 is 0 Å². The minimum atomic E-state index is -0.103. The van der Waals surface area contributed by atoms with Gasteiger partial charge in [-0.3, -0.25) is 4.79 Å². The van der Waals surface area contributed by atoms with Crippen molar-refractivity contribution in [2.75, 3.05) is 39.3 Å². The third kappa shape index (κ3) is 4.33. The molecule has 2 N–H and O–H groups in total. The standard InChI is InChI=1S/C21H28N6O2/c1-15(2)27-20-17(14-24-27)16(13-18(25-20)19-5-3-12-29-19)21(28)23-6-4-9-26-10-7-22-8-11-26/h3,5,12-15,22H,4,6-11H2,1-2H3,(H,23,28). The van der Waals surface area contributed by atoms with Gasteiger partial charge in [0, 0.05) is 38.8 Å². The Hall–Kier alpha value is -2.71. The number of aromatic nitrogens is 3. The molecule has 0 spiro atoms. The Kier molecular flexibility index (Phi) is 5.92. The third-order valence-corrected chi connectivity index (χ3v) is 5.22. The number of hydrogen-bond acceptors (Lipinski definition) is 6. The number of fused-ring (bicyclic) bond motifs is 1. The lowest BCUT2D eigenvalue weighted by molar-refractivity contribution is 0.0953. The highest BCUT2D eigenvalue weighted by Crippen LogP contribution is 2.26. The molecule has 4 heterocycles. The van der Waals surface area contributed by atoms with Crippen molar-refractivity contribution in [3.8, 4) is 11.5 Å². The van der Waals surface area contributed by atoms with E-state index in [2.05, 4.69) is 20.6 Å². The topological polar surface area (TPSA) is 88.2 Å². The first-order valence-electron chi connectivity index (χ1n) is 10.3. The predicted octanol–water partition coefficient (Wildman–Crippen LogP) is 2.30. The largest absolute Gasteiger partial charge is 0.463 e. The zero-order chi connectivity index (χ0) is 20.2. The van der Waals surface area contributed by atoms with E-state index in [1.807, 2.05) is 30.7 Å². The quantitative estimate of drug-likeness (QED) is 0.596. The summed E-state index contributed by atoms with van der Waals surface area (Å²) in [6.07, 6.45) is 4.26. The average Bonchev–Trinajstić information content (AvgIpc) is 3.41. The fourth-order valence-electron chi connectivity index (χ4n) is 3.67. The lowest BCUT2D eigenvalue weighted by atomic mass is 10.1. The second-order valence-corrected chi connectivity index (χ2v) is 7.65. The van der Waals surface area contributed by atoms with Gasteiger partial charge in [0.1, 0.15) is 5.69 Å². The molecule has 3 aromatic heterocycles. The summed E-state index contributed by atoms with van der Waals surface area (Å²) in [6.45, 7) is 9.94. The van der Waals surface area contributed by atoms with Gasteiger partial charge in [0.05, 0.1) is 23.4 Å². The maximum atomic E-state index is 13.0. The molecule has 0 bridgehead atoms. The smallest absolute Gasteiger partial charge is 0.252 e. The summed E-state index contributed by atoms with van der Waals surface area (Å²) in [5.41, 5.74) is 1.91. The predicted molar refractivity (Wildman–Crippen MR) is 112 cm³/mol. The van der Waals surface area contributed by atoms with Gasteiger partial charge in [-0.05, 0) is 45.0 Å². The summed E-state index contributed by atoms with van der Waals surface area (Å²) in [4.78, 5) is 20.1. The first-order valence-corrected chi connectivity index (χ1v) is 10.3. The Balaban J connectivity index is 1.52. The van der Waals surface area contributed by atoms with Gasteiger partial charge in [0.25, 0.3) is 5.91 Å². The van der Waals surface area contributed by atoms with Crippen LogP contribution in [0.15, 0.2) is 35.1 Å². The molecule has 1 amide bonds.